The summed E-state index contributed by atoms with van der Waals surface area (Å²) < 4.78 is 2.46. The van der Waals surface area contributed by atoms with Crippen LogP contribution >= 0.6 is 15.9 Å². The van der Waals surface area contributed by atoms with Gasteiger partial charge in [0.15, 0.2) is 5.65 Å². The molecule has 2 rings (SSSR count). The van der Waals surface area contributed by atoms with Crippen LogP contribution in [0.15, 0.2) is 27.6 Å². The van der Waals surface area contributed by atoms with Crippen molar-refractivity contribution < 1.29 is 0 Å². The number of nitrogens with zero attached hydrogens (tertiary/aromatic N) is 2. The number of halogens is 1. The molecule has 0 aliphatic carbocycles. The lowest BCUT2D eigenvalue weighted by Gasteiger charge is -1.90. The van der Waals surface area contributed by atoms with Crippen LogP contribution in [0.3, 0.4) is 0 Å². The number of hydrogen-bond acceptors (Lipinski definition) is 2. The number of H-pyrrole nitrogens is 1. The smallest absolute Gasteiger partial charge is 0.244 e. The van der Waals surface area contributed by atoms with Crippen molar-refractivity contribution in [2.45, 2.75) is 0 Å². The Hall–Kier alpha value is -1.10. The van der Waals surface area contributed by atoms with Crippen molar-refractivity contribution in [2.75, 3.05) is 0 Å². The van der Waals surface area contributed by atoms with Crippen molar-refractivity contribution in [1.29, 1.82) is 0 Å². The first-order valence-corrected chi connectivity index (χ1v) is 3.79. The molecule has 0 unspecified atom stereocenters. The van der Waals surface area contributed by atoms with E-state index >= 15 is 0 Å². The number of hydrogen-bond donors (Lipinski definition) is 1. The molecule has 2 aromatic heterocycles. The Balaban J connectivity index is 2.92. The normalized spacial score (nSPS) is 10.6. The van der Waals surface area contributed by atoms with E-state index in [1.807, 2.05) is 6.07 Å². The Kier molecular flexibility index (Phi) is 1.32. The Bertz CT molecular complexity index is 444. The maximum absolute atomic E-state index is 10.7. The van der Waals surface area contributed by atoms with Crippen molar-refractivity contribution in [2.24, 2.45) is 0 Å². The lowest BCUT2D eigenvalue weighted by molar-refractivity contribution is 0.931. The summed E-state index contributed by atoms with van der Waals surface area (Å²) >= 11 is 3.27. The highest BCUT2D eigenvalue weighted by molar-refractivity contribution is 9.10. The van der Waals surface area contributed by atoms with E-state index in [4.69, 9.17) is 0 Å². The molecule has 0 fully saturated rings. The number of rotatable bonds is 0. The van der Waals surface area contributed by atoms with Crippen LogP contribution in [0, 0.1) is 0 Å². The third kappa shape index (κ3) is 1.07. The zero-order valence-electron chi connectivity index (χ0n) is 5.41. The standard InChI is InChI=1S/C6H4BrN3O/c7-4-1-2-5-8-6(11)9-10(5)3-4/h1-3H,(H,9,11). The Morgan fingerprint density at radius 2 is 2.36 bits per heavy atom. The molecule has 56 valence electrons. The van der Waals surface area contributed by atoms with E-state index in [9.17, 15) is 4.79 Å². The van der Waals surface area contributed by atoms with Crippen LogP contribution in [0.1, 0.15) is 0 Å². The van der Waals surface area contributed by atoms with Gasteiger partial charge < -0.3 is 0 Å². The minimum atomic E-state index is -0.330. The fourth-order valence-electron chi connectivity index (χ4n) is 0.880. The van der Waals surface area contributed by atoms with Gasteiger partial charge in [0.25, 0.3) is 0 Å². The molecular formula is C6H4BrN3O. The summed E-state index contributed by atoms with van der Waals surface area (Å²) in [5, 5.41) is 2.52. The molecule has 0 aromatic carbocycles. The number of aromatic amines is 1. The number of nitrogens with one attached hydrogen (secondary N) is 1. The van der Waals surface area contributed by atoms with Crippen LogP contribution in [-0.4, -0.2) is 14.6 Å². The SMILES string of the molecule is O=c1nc2ccc(Br)cn2[nH]1. The van der Waals surface area contributed by atoms with Gasteiger partial charge in [-0.25, -0.2) is 14.4 Å². The first-order chi connectivity index (χ1) is 5.25. The molecule has 0 aliphatic rings. The molecule has 0 aliphatic heterocycles. The second-order valence-electron chi connectivity index (χ2n) is 2.10. The summed E-state index contributed by atoms with van der Waals surface area (Å²) in [5.41, 5.74) is 0.293. The van der Waals surface area contributed by atoms with Gasteiger partial charge in [0.1, 0.15) is 0 Å². The quantitative estimate of drug-likeness (QED) is 0.704. The molecule has 5 heteroatoms. The van der Waals surface area contributed by atoms with E-state index in [2.05, 4.69) is 26.0 Å². The molecule has 0 saturated carbocycles. The van der Waals surface area contributed by atoms with Gasteiger partial charge in [0, 0.05) is 10.7 Å². The molecule has 0 spiro atoms. The zero-order chi connectivity index (χ0) is 7.84. The molecule has 0 atom stereocenters. The lowest BCUT2D eigenvalue weighted by Crippen LogP contribution is -2.01. The Morgan fingerprint density at radius 1 is 1.55 bits per heavy atom. The number of pyridine rings is 1. The monoisotopic (exact) mass is 213 g/mol. The minimum Gasteiger partial charge on any atom is -0.244 e. The fourth-order valence-corrected chi connectivity index (χ4v) is 1.22. The van der Waals surface area contributed by atoms with Crippen LogP contribution in [0.5, 0.6) is 0 Å². The first kappa shape index (κ1) is 6.60. The lowest BCUT2D eigenvalue weighted by atomic mass is 10.5. The molecule has 2 heterocycles. The molecule has 4 nitrogen and oxygen atoms in total. The van der Waals surface area contributed by atoms with Gasteiger partial charge in [0.05, 0.1) is 0 Å². The van der Waals surface area contributed by atoms with Gasteiger partial charge >= 0.3 is 5.69 Å². The van der Waals surface area contributed by atoms with Gasteiger partial charge in [-0.1, -0.05) is 0 Å². The van der Waals surface area contributed by atoms with Crippen LogP contribution in [0.2, 0.25) is 0 Å². The van der Waals surface area contributed by atoms with E-state index in [0.717, 1.165) is 4.47 Å². The van der Waals surface area contributed by atoms with Crippen molar-refractivity contribution in [3.8, 4) is 0 Å². The van der Waals surface area contributed by atoms with Gasteiger partial charge in [-0.05, 0) is 28.1 Å². The molecular weight excluding hydrogens is 210 g/mol. The third-order valence-electron chi connectivity index (χ3n) is 1.32. The van der Waals surface area contributed by atoms with E-state index in [-0.39, 0.29) is 5.69 Å². The molecule has 1 N–H and O–H groups in total. The topological polar surface area (TPSA) is 50.2 Å². The summed E-state index contributed by atoms with van der Waals surface area (Å²) in [6.45, 7) is 0. The van der Waals surface area contributed by atoms with Crippen LogP contribution < -0.4 is 5.69 Å². The molecule has 2 aromatic rings. The highest BCUT2D eigenvalue weighted by atomic mass is 79.9. The minimum absolute atomic E-state index is 0.330. The van der Waals surface area contributed by atoms with E-state index in [1.54, 1.807) is 16.8 Å². The van der Waals surface area contributed by atoms with Crippen LogP contribution in [-0.2, 0) is 0 Å². The van der Waals surface area contributed by atoms with Gasteiger partial charge in [-0.2, -0.15) is 4.98 Å². The van der Waals surface area contributed by atoms with Crippen molar-refractivity contribution in [3.63, 3.8) is 0 Å². The number of fused-ring (bicyclic) bond motifs is 1. The number of aromatic nitrogens is 3. The summed E-state index contributed by atoms with van der Waals surface area (Å²) in [7, 11) is 0. The van der Waals surface area contributed by atoms with E-state index < -0.39 is 0 Å². The second-order valence-corrected chi connectivity index (χ2v) is 3.02. The zero-order valence-corrected chi connectivity index (χ0v) is 7.00. The average Bonchev–Trinajstić information content (AvgIpc) is 2.27. The van der Waals surface area contributed by atoms with Crippen LogP contribution in [0.25, 0.3) is 5.65 Å². The van der Waals surface area contributed by atoms with Crippen molar-refractivity contribution in [1.82, 2.24) is 14.6 Å². The maximum Gasteiger partial charge on any atom is 0.362 e. The molecule has 0 amide bonds. The summed E-state index contributed by atoms with van der Waals surface area (Å²) in [6, 6.07) is 3.58. The predicted octanol–water partition coefficient (Wildman–Crippen LogP) is 0.785. The second kappa shape index (κ2) is 2.20. The Labute approximate surface area is 70.0 Å². The molecule has 0 radical (unpaired) electrons. The van der Waals surface area contributed by atoms with Crippen molar-refractivity contribution in [3.05, 3.63) is 33.3 Å². The molecule has 0 bridgehead atoms. The summed E-state index contributed by atoms with van der Waals surface area (Å²) in [6.07, 6.45) is 1.74. The maximum atomic E-state index is 10.7. The van der Waals surface area contributed by atoms with Gasteiger partial charge in [-0.3, -0.25) is 0 Å². The van der Waals surface area contributed by atoms with E-state index in [1.165, 1.54) is 0 Å². The van der Waals surface area contributed by atoms with E-state index in [0.29, 0.717) is 5.65 Å². The molecule has 11 heavy (non-hydrogen) atoms. The predicted molar refractivity (Wildman–Crippen MR) is 43.5 cm³/mol. The third-order valence-corrected chi connectivity index (χ3v) is 1.79. The van der Waals surface area contributed by atoms with Gasteiger partial charge in [0.2, 0.25) is 0 Å². The molecule has 0 saturated heterocycles. The van der Waals surface area contributed by atoms with Crippen molar-refractivity contribution >= 4 is 21.6 Å². The fraction of sp³-hybridized carbons (Fsp3) is 0. The average molecular weight is 214 g/mol. The highest BCUT2D eigenvalue weighted by Crippen LogP contribution is 2.07. The Morgan fingerprint density at radius 3 is 3.18 bits per heavy atom. The van der Waals surface area contributed by atoms with Crippen LogP contribution in [0.4, 0.5) is 0 Å². The highest BCUT2D eigenvalue weighted by Gasteiger charge is 1.95. The first-order valence-electron chi connectivity index (χ1n) is 3.00. The van der Waals surface area contributed by atoms with Gasteiger partial charge in [-0.15, -0.1) is 0 Å². The summed E-state index contributed by atoms with van der Waals surface area (Å²) in [4.78, 5) is 14.4. The largest absolute Gasteiger partial charge is 0.362 e. The summed E-state index contributed by atoms with van der Waals surface area (Å²) in [5.74, 6) is 0.